The summed E-state index contributed by atoms with van der Waals surface area (Å²) in [5.74, 6) is 1.36. The van der Waals surface area contributed by atoms with Gasteiger partial charge in [-0.15, -0.1) is 11.3 Å². The number of hydrogen-bond donors (Lipinski definition) is 0. The zero-order chi connectivity index (χ0) is 19.7. The van der Waals surface area contributed by atoms with Gasteiger partial charge in [0.15, 0.2) is 0 Å². The van der Waals surface area contributed by atoms with Crippen molar-refractivity contribution in [2.75, 3.05) is 6.54 Å². The third-order valence-corrected chi connectivity index (χ3v) is 5.69. The van der Waals surface area contributed by atoms with Crippen molar-refractivity contribution in [1.29, 1.82) is 0 Å². The van der Waals surface area contributed by atoms with Crippen LogP contribution in [0.1, 0.15) is 31.9 Å². The molecule has 0 unspecified atom stereocenters. The van der Waals surface area contributed by atoms with Gasteiger partial charge in [-0.2, -0.15) is 5.10 Å². The number of fused-ring (bicyclic) bond motifs is 3. The molecule has 4 aromatic heterocycles. The van der Waals surface area contributed by atoms with E-state index in [2.05, 4.69) is 12.0 Å². The van der Waals surface area contributed by atoms with Crippen molar-refractivity contribution in [2.24, 2.45) is 0 Å². The van der Waals surface area contributed by atoms with Gasteiger partial charge >= 0.3 is 0 Å². The van der Waals surface area contributed by atoms with Gasteiger partial charge in [-0.05, 0) is 43.0 Å². The summed E-state index contributed by atoms with van der Waals surface area (Å²) in [7, 11) is 0. The summed E-state index contributed by atoms with van der Waals surface area (Å²) in [6.07, 6.45) is 3.22. The molecule has 0 saturated carbocycles. The molecule has 4 heterocycles. The predicted octanol–water partition coefficient (Wildman–Crippen LogP) is 3.30. The molecule has 0 spiro atoms. The first-order valence-electron chi connectivity index (χ1n) is 9.41. The second kappa shape index (κ2) is 7.63. The number of likely N-dealkylation sites (N-methyl/N-ethyl adjacent to an activating group) is 1. The number of nitrogens with zero attached hydrogens (tertiary/aromatic N) is 4. The summed E-state index contributed by atoms with van der Waals surface area (Å²) in [6, 6.07) is 7.51. The monoisotopic (exact) mass is 398 g/mol. The van der Waals surface area contributed by atoms with Crippen LogP contribution in [0.4, 0.5) is 0 Å². The Balaban J connectivity index is 1.70. The fourth-order valence-electron chi connectivity index (χ4n) is 3.39. The van der Waals surface area contributed by atoms with Gasteiger partial charge in [-0.3, -0.25) is 14.0 Å². The smallest absolute Gasteiger partial charge is 0.291 e. The Morgan fingerprint density at radius 2 is 2.18 bits per heavy atom. The van der Waals surface area contributed by atoms with Crippen LogP contribution in [0.5, 0.6) is 0 Å². The first kappa shape index (κ1) is 18.5. The largest absolute Gasteiger partial charge is 0.467 e. The Bertz CT molecular complexity index is 1170. The van der Waals surface area contributed by atoms with Crippen LogP contribution in [0.2, 0.25) is 0 Å². The van der Waals surface area contributed by atoms with E-state index in [-0.39, 0.29) is 18.0 Å². The Hall–Kier alpha value is -2.87. The average Bonchev–Trinajstić information content (AvgIpc) is 3.40. The molecule has 8 heteroatoms. The Morgan fingerprint density at radius 3 is 2.89 bits per heavy atom. The van der Waals surface area contributed by atoms with E-state index in [1.165, 1.54) is 4.68 Å². The normalized spacial score (nSPS) is 11.5. The molecule has 0 N–H and O–H groups in total. The molecule has 0 aliphatic heterocycles. The molecular formula is C20H22N4O3S. The maximum Gasteiger partial charge on any atom is 0.291 e. The number of hydrogen-bond acceptors (Lipinski definition) is 5. The van der Waals surface area contributed by atoms with Crippen LogP contribution in [0.3, 0.4) is 0 Å². The van der Waals surface area contributed by atoms with E-state index in [0.717, 1.165) is 28.9 Å². The lowest BCUT2D eigenvalue weighted by Crippen LogP contribution is -2.37. The van der Waals surface area contributed by atoms with Gasteiger partial charge in [-0.1, -0.05) is 6.92 Å². The SMILES string of the molecule is CCCc1nn(CC(=O)N(CC)Cc2ccco2)c(=O)c2cc3ccsc3n12. The Morgan fingerprint density at radius 1 is 1.32 bits per heavy atom. The van der Waals surface area contributed by atoms with Crippen LogP contribution < -0.4 is 5.56 Å². The molecule has 0 radical (unpaired) electrons. The third-order valence-electron chi connectivity index (χ3n) is 4.78. The number of amides is 1. The van der Waals surface area contributed by atoms with Crippen LogP contribution in [0.25, 0.3) is 15.7 Å². The van der Waals surface area contributed by atoms with Crippen molar-refractivity contribution in [1.82, 2.24) is 19.1 Å². The van der Waals surface area contributed by atoms with Crippen LogP contribution >= 0.6 is 11.3 Å². The fraction of sp³-hybridized carbons (Fsp3) is 0.350. The van der Waals surface area contributed by atoms with Crippen LogP contribution in [0, 0.1) is 0 Å². The summed E-state index contributed by atoms with van der Waals surface area (Å²) >= 11 is 1.59. The van der Waals surface area contributed by atoms with Crippen molar-refractivity contribution in [3.8, 4) is 0 Å². The molecule has 0 aliphatic rings. The minimum atomic E-state index is -0.245. The summed E-state index contributed by atoms with van der Waals surface area (Å²) < 4.78 is 8.58. The molecule has 0 aromatic carbocycles. The van der Waals surface area contributed by atoms with E-state index in [0.29, 0.717) is 24.4 Å². The molecule has 0 saturated heterocycles. The highest BCUT2D eigenvalue weighted by Crippen LogP contribution is 2.25. The average molecular weight is 398 g/mol. The number of rotatable bonds is 7. The molecule has 0 aliphatic carbocycles. The van der Waals surface area contributed by atoms with Gasteiger partial charge in [0.1, 0.15) is 28.5 Å². The molecule has 146 valence electrons. The van der Waals surface area contributed by atoms with Gasteiger partial charge in [0, 0.05) is 18.4 Å². The topological polar surface area (TPSA) is 72.8 Å². The lowest BCUT2D eigenvalue weighted by Gasteiger charge is -2.20. The second-order valence-corrected chi connectivity index (χ2v) is 7.56. The number of aromatic nitrogens is 3. The highest BCUT2D eigenvalue weighted by Gasteiger charge is 2.19. The molecule has 1 amide bonds. The number of thiophene rings is 1. The molecule has 4 rings (SSSR count). The van der Waals surface area contributed by atoms with E-state index in [1.54, 1.807) is 28.6 Å². The number of carbonyl (C=O) groups is 1. The summed E-state index contributed by atoms with van der Waals surface area (Å²) in [4.78, 5) is 28.5. The molecule has 7 nitrogen and oxygen atoms in total. The quantitative estimate of drug-likeness (QED) is 0.479. The van der Waals surface area contributed by atoms with E-state index in [1.807, 2.05) is 34.9 Å². The van der Waals surface area contributed by atoms with Gasteiger partial charge in [0.25, 0.3) is 5.56 Å². The zero-order valence-electron chi connectivity index (χ0n) is 15.9. The van der Waals surface area contributed by atoms with Gasteiger partial charge in [0.2, 0.25) is 5.91 Å². The highest BCUT2D eigenvalue weighted by molar-refractivity contribution is 7.16. The molecule has 0 fully saturated rings. The maximum absolute atomic E-state index is 13.0. The predicted molar refractivity (Wildman–Crippen MR) is 109 cm³/mol. The minimum Gasteiger partial charge on any atom is -0.467 e. The van der Waals surface area contributed by atoms with Crippen molar-refractivity contribution in [3.05, 3.63) is 57.8 Å². The van der Waals surface area contributed by atoms with Crippen molar-refractivity contribution in [2.45, 2.75) is 39.8 Å². The van der Waals surface area contributed by atoms with Crippen molar-refractivity contribution >= 4 is 33.0 Å². The number of aryl methyl sites for hydroxylation is 1. The zero-order valence-corrected chi connectivity index (χ0v) is 16.7. The van der Waals surface area contributed by atoms with E-state index < -0.39 is 0 Å². The van der Waals surface area contributed by atoms with E-state index >= 15 is 0 Å². The van der Waals surface area contributed by atoms with Crippen LogP contribution in [-0.4, -0.2) is 31.5 Å². The van der Waals surface area contributed by atoms with E-state index in [9.17, 15) is 9.59 Å². The first-order valence-corrected chi connectivity index (χ1v) is 10.3. The lowest BCUT2D eigenvalue weighted by atomic mass is 10.3. The number of carbonyl (C=O) groups excluding carboxylic acids is 1. The highest BCUT2D eigenvalue weighted by atomic mass is 32.1. The Labute approximate surface area is 165 Å². The van der Waals surface area contributed by atoms with E-state index in [4.69, 9.17) is 4.42 Å². The second-order valence-electron chi connectivity index (χ2n) is 6.66. The van der Waals surface area contributed by atoms with Crippen LogP contribution in [0.15, 0.2) is 45.1 Å². The molecule has 28 heavy (non-hydrogen) atoms. The van der Waals surface area contributed by atoms with Crippen molar-refractivity contribution < 1.29 is 9.21 Å². The number of furan rings is 1. The van der Waals surface area contributed by atoms with Crippen molar-refractivity contribution in [3.63, 3.8) is 0 Å². The standard InChI is InChI=1S/C20H22N4O3S/c1-3-6-17-21-23(13-18(25)22(4-2)12-15-7-5-9-27-15)19(26)16-11-14-8-10-28-20(14)24(16)17/h5,7-11H,3-4,6,12-13H2,1-2H3. The third kappa shape index (κ3) is 3.24. The fourth-order valence-corrected chi connectivity index (χ4v) is 4.30. The molecule has 0 atom stereocenters. The van der Waals surface area contributed by atoms with Gasteiger partial charge in [-0.25, -0.2) is 4.68 Å². The van der Waals surface area contributed by atoms with Crippen LogP contribution in [-0.2, 0) is 24.3 Å². The minimum absolute atomic E-state index is 0.0839. The first-order chi connectivity index (χ1) is 13.6. The van der Waals surface area contributed by atoms with Gasteiger partial charge in [0.05, 0.1) is 12.8 Å². The summed E-state index contributed by atoms with van der Waals surface area (Å²) in [5.41, 5.74) is 0.327. The molecule has 4 aromatic rings. The maximum atomic E-state index is 13.0. The molecular weight excluding hydrogens is 376 g/mol. The Kier molecular flexibility index (Phi) is 5.04. The lowest BCUT2D eigenvalue weighted by molar-refractivity contribution is -0.132. The summed E-state index contributed by atoms with van der Waals surface area (Å²) in [5, 5.41) is 7.58. The summed E-state index contributed by atoms with van der Waals surface area (Å²) in [6.45, 7) is 4.80. The van der Waals surface area contributed by atoms with Gasteiger partial charge < -0.3 is 9.32 Å². The molecule has 0 bridgehead atoms.